The predicted octanol–water partition coefficient (Wildman–Crippen LogP) is 0.483. The van der Waals surface area contributed by atoms with Crippen LogP contribution in [0.1, 0.15) is 0 Å². The second kappa shape index (κ2) is 7.04. The van der Waals surface area contributed by atoms with Gasteiger partial charge in [-0.3, -0.25) is 10.1 Å². The van der Waals surface area contributed by atoms with Crippen molar-refractivity contribution in [2.45, 2.75) is 0 Å². The third-order valence-electron chi connectivity index (χ3n) is 2.09. The summed E-state index contributed by atoms with van der Waals surface area (Å²) in [6.45, 7) is 0.855. The van der Waals surface area contributed by atoms with Crippen LogP contribution in [0.15, 0.2) is 6.20 Å². The van der Waals surface area contributed by atoms with E-state index in [0.29, 0.717) is 13.2 Å². The van der Waals surface area contributed by atoms with Crippen LogP contribution in [0.5, 0.6) is 0 Å². The number of aliphatic hydroxyl groups is 1. The lowest BCUT2D eigenvalue weighted by atomic mass is 10.4. The van der Waals surface area contributed by atoms with Gasteiger partial charge in [0.05, 0.1) is 24.7 Å². The van der Waals surface area contributed by atoms with Crippen LogP contribution in [-0.4, -0.2) is 53.4 Å². The van der Waals surface area contributed by atoms with Crippen molar-refractivity contribution in [2.24, 2.45) is 0 Å². The summed E-state index contributed by atoms with van der Waals surface area (Å²) in [7, 11) is 1.63. The molecule has 18 heavy (non-hydrogen) atoms. The number of halogens is 1. The van der Waals surface area contributed by atoms with Crippen molar-refractivity contribution in [1.82, 2.24) is 9.97 Å². The number of anilines is 1. The van der Waals surface area contributed by atoms with E-state index in [1.807, 2.05) is 0 Å². The Kier molecular flexibility index (Phi) is 5.69. The molecule has 0 aliphatic heterocycles. The highest BCUT2D eigenvalue weighted by atomic mass is 35.5. The van der Waals surface area contributed by atoms with Crippen LogP contribution in [0.3, 0.4) is 0 Å². The number of hydrogen-bond acceptors (Lipinski definition) is 7. The quantitative estimate of drug-likeness (QED) is 0.334. The van der Waals surface area contributed by atoms with Crippen molar-refractivity contribution in [1.29, 1.82) is 0 Å². The van der Waals surface area contributed by atoms with Crippen molar-refractivity contribution in [3.63, 3.8) is 0 Å². The molecule has 0 aliphatic carbocycles. The summed E-state index contributed by atoms with van der Waals surface area (Å²) in [6.07, 6.45) is 1.07. The Hall–Kier alpha value is -1.51. The van der Waals surface area contributed by atoms with Crippen molar-refractivity contribution in [3.8, 4) is 0 Å². The van der Waals surface area contributed by atoms with Crippen molar-refractivity contribution < 1.29 is 14.8 Å². The van der Waals surface area contributed by atoms with Gasteiger partial charge >= 0.3 is 5.69 Å². The van der Waals surface area contributed by atoms with E-state index in [1.54, 1.807) is 11.9 Å². The molecule has 9 heteroatoms. The molecular weight excluding hydrogens is 264 g/mol. The zero-order valence-corrected chi connectivity index (χ0v) is 10.5. The predicted molar refractivity (Wildman–Crippen MR) is 64.9 cm³/mol. The van der Waals surface area contributed by atoms with Crippen LogP contribution in [-0.2, 0) is 4.74 Å². The van der Waals surface area contributed by atoms with Gasteiger partial charge in [0, 0.05) is 13.6 Å². The number of aliphatic hydroxyl groups excluding tert-OH is 1. The van der Waals surface area contributed by atoms with Gasteiger partial charge in [-0.25, -0.2) is 4.98 Å². The van der Waals surface area contributed by atoms with Crippen LogP contribution >= 0.6 is 11.6 Å². The number of likely N-dealkylation sites (N-methyl/N-ethyl adjacent to an activating group) is 1. The van der Waals surface area contributed by atoms with Crippen LogP contribution in [0.4, 0.5) is 11.5 Å². The van der Waals surface area contributed by atoms with Gasteiger partial charge in [0.2, 0.25) is 11.1 Å². The smallest absolute Gasteiger partial charge is 0.329 e. The molecule has 0 aliphatic rings. The average Bonchev–Trinajstić information content (AvgIpc) is 2.34. The van der Waals surface area contributed by atoms with E-state index in [0.717, 1.165) is 6.20 Å². The Bertz CT molecular complexity index is 418. The van der Waals surface area contributed by atoms with Gasteiger partial charge < -0.3 is 14.7 Å². The minimum absolute atomic E-state index is 0.0567. The molecule has 0 spiro atoms. The van der Waals surface area contributed by atoms with Gasteiger partial charge in [-0.1, -0.05) is 0 Å². The maximum atomic E-state index is 10.8. The largest absolute Gasteiger partial charge is 0.394 e. The van der Waals surface area contributed by atoms with Crippen LogP contribution in [0.25, 0.3) is 0 Å². The lowest BCUT2D eigenvalue weighted by Gasteiger charge is -2.17. The average molecular weight is 277 g/mol. The van der Waals surface area contributed by atoms with Crippen molar-refractivity contribution >= 4 is 23.1 Å². The highest BCUT2D eigenvalue weighted by Crippen LogP contribution is 2.24. The first-order valence-electron chi connectivity index (χ1n) is 5.13. The fraction of sp³-hybridized carbons (Fsp3) is 0.556. The highest BCUT2D eigenvalue weighted by molar-refractivity contribution is 6.28. The van der Waals surface area contributed by atoms with E-state index in [4.69, 9.17) is 21.4 Å². The lowest BCUT2D eigenvalue weighted by molar-refractivity contribution is -0.384. The Morgan fingerprint density at radius 2 is 2.33 bits per heavy atom. The molecule has 1 heterocycles. The number of nitrogens with zero attached hydrogens (tertiary/aromatic N) is 4. The van der Waals surface area contributed by atoms with Crippen LogP contribution in [0.2, 0.25) is 5.28 Å². The summed E-state index contributed by atoms with van der Waals surface area (Å²) in [5.41, 5.74) is -0.218. The van der Waals surface area contributed by atoms with Crippen molar-refractivity contribution in [3.05, 3.63) is 21.6 Å². The zero-order valence-electron chi connectivity index (χ0n) is 9.74. The van der Waals surface area contributed by atoms with Gasteiger partial charge in [-0.2, -0.15) is 4.98 Å². The Morgan fingerprint density at radius 1 is 1.61 bits per heavy atom. The highest BCUT2D eigenvalue weighted by Gasteiger charge is 2.20. The molecule has 1 N–H and O–H groups in total. The van der Waals surface area contributed by atoms with Gasteiger partial charge in [0.1, 0.15) is 6.20 Å². The molecule has 1 rings (SSSR count). The third kappa shape index (κ3) is 4.06. The summed E-state index contributed by atoms with van der Waals surface area (Å²) < 4.78 is 5.07. The van der Waals surface area contributed by atoms with Crippen LogP contribution < -0.4 is 4.90 Å². The molecule has 0 aromatic carbocycles. The van der Waals surface area contributed by atoms with Crippen LogP contribution in [0, 0.1) is 10.1 Å². The van der Waals surface area contributed by atoms with E-state index in [1.165, 1.54) is 0 Å². The standard InChI is InChI=1S/C9H13ClN4O4/c1-13(2-4-18-5-3-15)8-7(14(16)17)6-11-9(10)12-8/h6,15H,2-5H2,1H3. The monoisotopic (exact) mass is 276 g/mol. The normalized spacial score (nSPS) is 10.4. The Balaban J connectivity index is 2.74. The Labute approximate surface area is 108 Å². The van der Waals surface area contributed by atoms with Gasteiger partial charge in [0.15, 0.2) is 0 Å². The molecule has 0 atom stereocenters. The van der Waals surface area contributed by atoms with E-state index >= 15 is 0 Å². The second-order valence-corrected chi connectivity index (χ2v) is 3.70. The fourth-order valence-electron chi connectivity index (χ4n) is 1.23. The maximum Gasteiger partial charge on any atom is 0.329 e. The van der Waals surface area contributed by atoms with E-state index in [-0.39, 0.29) is 30.0 Å². The molecule has 0 unspecified atom stereocenters. The molecule has 0 saturated carbocycles. The summed E-state index contributed by atoms with van der Waals surface area (Å²) >= 11 is 5.61. The Morgan fingerprint density at radius 3 is 2.94 bits per heavy atom. The number of nitro groups is 1. The van der Waals surface area contributed by atoms with E-state index < -0.39 is 4.92 Å². The molecule has 8 nitrogen and oxygen atoms in total. The molecule has 1 aromatic heterocycles. The van der Waals surface area contributed by atoms with Gasteiger partial charge in [-0.15, -0.1) is 0 Å². The molecule has 0 radical (unpaired) electrons. The second-order valence-electron chi connectivity index (χ2n) is 3.36. The number of ether oxygens (including phenoxy) is 1. The first-order chi connectivity index (χ1) is 8.56. The number of rotatable bonds is 7. The fourth-order valence-corrected chi connectivity index (χ4v) is 1.36. The molecule has 100 valence electrons. The topological polar surface area (TPSA) is 102 Å². The molecular formula is C9H13ClN4O4. The van der Waals surface area contributed by atoms with E-state index in [9.17, 15) is 10.1 Å². The molecule has 0 fully saturated rings. The van der Waals surface area contributed by atoms with Crippen molar-refractivity contribution in [2.75, 3.05) is 38.3 Å². The molecule has 1 aromatic rings. The minimum atomic E-state index is -0.573. The minimum Gasteiger partial charge on any atom is -0.394 e. The van der Waals surface area contributed by atoms with Gasteiger partial charge in [-0.05, 0) is 11.6 Å². The summed E-state index contributed by atoms with van der Waals surface area (Å²) in [5.74, 6) is 0.132. The van der Waals surface area contributed by atoms with E-state index in [2.05, 4.69) is 9.97 Å². The number of hydrogen-bond donors (Lipinski definition) is 1. The SMILES string of the molecule is CN(CCOCCO)c1nc(Cl)ncc1[N+](=O)[O-]. The first kappa shape index (κ1) is 14.6. The summed E-state index contributed by atoms with van der Waals surface area (Å²) in [4.78, 5) is 19.2. The molecule has 0 amide bonds. The number of aromatic nitrogens is 2. The molecule has 0 saturated heterocycles. The summed E-state index contributed by atoms with van der Waals surface area (Å²) in [5, 5.41) is 19.3. The zero-order chi connectivity index (χ0) is 13.5. The third-order valence-corrected chi connectivity index (χ3v) is 2.27. The van der Waals surface area contributed by atoms with Gasteiger partial charge in [0.25, 0.3) is 0 Å². The molecule has 0 bridgehead atoms. The lowest BCUT2D eigenvalue weighted by Crippen LogP contribution is -2.25. The maximum absolute atomic E-state index is 10.8. The summed E-state index contributed by atoms with van der Waals surface area (Å²) in [6, 6.07) is 0. The first-order valence-corrected chi connectivity index (χ1v) is 5.50.